The molecule has 170 valence electrons. The van der Waals surface area contributed by atoms with Gasteiger partial charge in [-0.05, 0) is 42.5 Å². The first-order chi connectivity index (χ1) is 15.3. The van der Waals surface area contributed by atoms with Gasteiger partial charge >= 0.3 is 0 Å². The Labute approximate surface area is 191 Å². The van der Waals surface area contributed by atoms with Gasteiger partial charge in [0.15, 0.2) is 11.8 Å². The number of aliphatic imine (C=N–C) groups is 1. The highest BCUT2D eigenvalue weighted by molar-refractivity contribution is 6.32. The highest BCUT2D eigenvalue weighted by Crippen LogP contribution is 2.40. The zero-order chi connectivity index (χ0) is 22.9. The largest absolute Gasteiger partial charge is 0.479 e. The van der Waals surface area contributed by atoms with E-state index in [0.717, 1.165) is 18.4 Å². The second kappa shape index (κ2) is 9.03. The van der Waals surface area contributed by atoms with Gasteiger partial charge in [-0.25, -0.2) is 14.4 Å². The summed E-state index contributed by atoms with van der Waals surface area (Å²) in [6.07, 6.45) is 3.56. The molecular weight excluding hydrogens is 435 g/mol. The number of benzene rings is 1. The Morgan fingerprint density at radius 3 is 2.78 bits per heavy atom. The Balaban J connectivity index is 1.63. The zero-order valence-electron chi connectivity index (χ0n) is 18.1. The van der Waals surface area contributed by atoms with E-state index in [0.29, 0.717) is 35.8 Å². The van der Waals surface area contributed by atoms with E-state index < -0.39 is 11.4 Å². The maximum absolute atomic E-state index is 14.1. The van der Waals surface area contributed by atoms with Gasteiger partial charge in [-0.2, -0.15) is 0 Å². The molecule has 1 fully saturated rings. The number of nitrogens with two attached hydrogens (primary N) is 1. The van der Waals surface area contributed by atoms with Crippen LogP contribution in [-0.4, -0.2) is 48.1 Å². The van der Waals surface area contributed by atoms with Crippen molar-refractivity contribution in [2.45, 2.75) is 44.2 Å². The number of methoxy groups -OCH3 is 1. The lowest BCUT2D eigenvalue weighted by Gasteiger charge is -2.40. The van der Waals surface area contributed by atoms with Crippen LogP contribution in [0.4, 0.5) is 4.39 Å². The Morgan fingerprint density at radius 2 is 2.12 bits per heavy atom. The van der Waals surface area contributed by atoms with E-state index in [2.05, 4.69) is 4.98 Å². The molecule has 2 aliphatic heterocycles. The number of nitrogens with zero attached hydrogens (tertiary/aromatic N) is 3. The van der Waals surface area contributed by atoms with Gasteiger partial charge in [0.25, 0.3) is 0 Å². The molecule has 1 atom stereocenters. The summed E-state index contributed by atoms with van der Waals surface area (Å²) in [6.45, 7) is 3.07. The van der Waals surface area contributed by atoms with Crippen LogP contribution in [0.25, 0.3) is 0 Å². The van der Waals surface area contributed by atoms with Crippen molar-refractivity contribution in [2.24, 2.45) is 10.7 Å². The molecule has 2 aromatic rings. The van der Waals surface area contributed by atoms with Crippen molar-refractivity contribution >= 4 is 23.5 Å². The highest BCUT2D eigenvalue weighted by atomic mass is 35.5. The third kappa shape index (κ3) is 4.29. The first-order valence-electron chi connectivity index (χ1n) is 10.5. The van der Waals surface area contributed by atoms with Crippen molar-refractivity contribution in [3.05, 3.63) is 58.0 Å². The second-order valence-corrected chi connectivity index (χ2v) is 8.70. The van der Waals surface area contributed by atoms with E-state index in [1.807, 2.05) is 25.1 Å². The Bertz CT molecular complexity index is 1060. The van der Waals surface area contributed by atoms with Gasteiger partial charge in [-0.1, -0.05) is 29.8 Å². The summed E-state index contributed by atoms with van der Waals surface area (Å²) < 4.78 is 24.3. The molecule has 1 amide bonds. The summed E-state index contributed by atoms with van der Waals surface area (Å²) in [5.41, 5.74) is 7.53. The number of amides is 1. The molecule has 1 aromatic carbocycles. The summed E-state index contributed by atoms with van der Waals surface area (Å²) in [5, 5.41) is 0.482. The zero-order valence-corrected chi connectivity index (χ0v) is 18.9. The number of aromatic nitrogens is 1. The fourth-order valence-corrected chi connectivity index (χ4v) is 4.80. The molecule has 2 N–H and O–H groups in total. The molecule has 9 heteroatoms. The van der Waals surface area contributed by atoms with Crippen molar-refractivity contribution in [1.29, 1.82) is 0 Å². The van der Waals surface area contributed by atoms with Crippen LogP contribution in [-0.2, 0) is 21.5 Å². The summed E-state index contributed by atoms with van der Waals surface area (Å²) in [7, 11) is 1.37. The number of rotatable bonds is 5. The van der Waals surface area contributed by atoms with Crippen molar-refractivity contribution in [3.8, 4) is 5.88 Å². The smallest absolute Gasteiger partial charge is 0.250 e. The molecule has 0 bridgehead atoms. The normalized spacial score (nSPS) is 22.1. The standard InChI is InChI=1S/C23H26ClFN4O3/c1-23(12-19(30)29(22(26)28-23)16-6-8-32-9-7-16)17-5-3-4-15(20(17)24)10-14-11-18(25)21(31-2)27-13-14/h3-5,11,13,16H,6-10,12H2,1-2H3,(H2,26,28)/t23-/m0/s1. The van der Waals surface area contributed by atoms with Gasteiger partial charge in [0, 0.05) is 36.9 Å². The summed E-state index contributed by atoms with van der Waals surface area (Å²) in [4.78, 5) is 23.4. The first kappa shape index (κ1) is 22.5. The number of guanidine groups is 1. The highest BCUT2D eigenvalue weighted by Gasteiger charge is 2.41. The lowest BCUT2D eigenvalue weighted by atomic mass is 9.85. The number of ether oxygens (including phenoxy) is 2. The van der Waals surface area contributed by atoms with Gasteiger partial charge in [-0.3, -0.25) is 9.69 Å². The van der Waals surface area contributed by atoms with Gasteiger partial charge < -0.3 is 15.2 Å². The van der Waals surface area contributed by atoms with Gasteiger partial charge in [0.2, 0.25) is 11.8 Å². The average Bonchev–Trinajstić information content (AvgIpc) is 2.75. The summed E-state index contributed by atoms with van der Waals surface area (Å²) in [5.74, 6) is -0.457. The third-order valence-electron chi connectivity index (χ3n) is 6.04. The topological polar surface area (TPSA) is 90.0 Å². The number of pyridine rings is 1. The van der Waals surface area contributed by atoms with Crippen LogP contribution in [0.15, 0.2) is 35.5 Å². The van der Waals surface area contributed by atoms with E-state index >= 15 is 0 Å². The van der Waals surface area contributed by atoms with Crippen molar-refractivity contribution in [3.63, 3.8) is 0 Å². The van der Waals surface area contributed by atoms with Crippen LogP contribution < -0.4 is 10.5 Å². The van der Waals surface area contributed by atoms with E-state index in [4.69, 9.17) is 31.8 Å². The van der Waals surface area contributed by atoms with E-state index in [9.17, 15) is 9.18 Å². The number of hydrogen-bond acceptors (Lipinski definition) is 6. The molecule has 4 rings (SSSR count). The molecular formula is C23H26ClFN4O3. The minimum absolute atomic E-state index is 0.00354. The number of carbonyl (C=O) groups is 1. The van der Waals surface area contributed by atoms with Crippen LogP contribution in [0, 0.1) is 5.82 Å². The van der Waals surface area contributed by atoms with Gasteiger partial charge in [0.05, 0.1) is 19.1 Å². The van der Waals surface area contributed by atoms with Gasteiger partial charge in [-0.15, -0.1) is 0 Å². The molecule has 2 aliphatic rings. The van der Waals surface area contributed by atoms with Gasteiger partial charge in [0.1, 0.15) is 0 Å². The van der Waals surface area contributed by atoms with Crippen LogP contribution in [0.1, 0.15) is 42.9 Å². The van der Waals surface area contributed by atoms with Crippen molar-refractivity contribution in [1.82, 2.24) is 9.88 Å². The molecule has 0 aliphatic carbocycles. The SMILES string of the molecule is COc1ncc(Cc2cccc([C@]3(C)CC(=O)N(C4CCOCC4)C(N)=N3)c2Cl)cc1F. The van der Waals surface area contributed by atoms with Crippen molar-refractivity contribution in [2.75, 3.05) is 20.3 Å². The fraction of sp³-hybridized carbons (Fsp3) is 0.435. The molecule has 0 saturated carbocycles. The summed E-state index contributed by atoms with van der Waals surface area (Å²) in [6, 6.07) is 6.96. The molecule has 1 aromatic heterocycles. The maximum atomic E-state index is 14.1. The molecule has 3 heterocycles. The predicted molar refractivity (Wildman–Crippen MR) is 119 cm³/mol. The Kier molecular flexibility index (Phi) is 6.35. The summed E-state index contributed by atoms with van der Waals surface area (Å²) >= 11 is 6.77. The predicted octanol–water partition coefficient (Wildman–Crippen LogP) is 3.41. The Morgan fingerprint density at radius 1 is 1.38 bits per heavy atom. The number of hydrogen-bond donors (Lipinski definition) is 1. The van der Waals surface area contributed by atoms with Crippen LogP contribution >= 0.6 is 11.6 Å². The lowest BCUT2D eigenvalue weighted by molar-refractivity contribution is -0.132. The van der Waals surface area contributed by atoms with E-state index in [1.54, 1.807) is 11.1 Å². The minimum Gasteiger partial charge on any atom is -0.479 e. The third-order valence-corrected chi connectivity index (χ3v) is 6.49. The molecule has 7 nitrogen and oxygen atoms in total. The molecule has 1 saturated heterocycles. The number of carbonyl (C=O) groups excluding carboxylic acids is 1. The van der Waals surface area contributed by atoms with Crippen LogP contribution in [0.5, 0.6) is 5.88 Å². The monoisotopic (exact) mass is 460 g/mol. The minimum atomic E-state index is -0.890. The fourth-order valence-electron chi connectivity index (χ4n) is 4.41. The molecule has 32 heavy (non-hydrogen) atoms. The Hall–Kier alpha value is -2.71. The van der Waals surface area contributed by atoms with Crippen molar-refractivity contribution < 1.29 is 18.7 Å². The van der Waals surface area contributed by atoms with Crippen LogP contribution in [0.2, 0.25) is 5.02 Å². The quantitative estimate of drug-likeness (QED) is 0.738. The van der Waals surface area contributed by atoms with Crippen LogP contribution in [0.3, 0.4) is 0 Å². The first-order valence-corrected chi connectivity index (χ1v) is 10.9. The maximum Gasteiger partial charge on any atom is 0.250 e. The molecule has 0 radical (unpaired) electrons. The average molecular weight is 461 g/mol. The number of halogens is 2. The molecule has 0 unspecified atom stereocenters. The lowest BCUT2D eigenvalue weighted by Crippen LogP contribution is -2.55. The van der Waals surface area contributed by atoms with E-state index in [-0.39, 0.29) is 30.2 Å². The second-order valence-electron chi connectivity index (χ2n) is 8.32. The molecule has 0 spiro atoms. The van der Waals surface area contributed by atoms with E-state index in [1.165, 1.54) is 13.2 Å².